The first-order chi connectivity index (χ1) is 11.4. The molecule has 0 atom stereocenters. The largest absolute Gasteiger partial charge is 0.506 e. The van der Waals surface area contributed by atoms with E-state index in [4.69, 9.17) is 0 Å². The van der Waals surface area contributed by atoms with Crippen LogP contribution in [0.25, 0.3) is 0 Å². The average molecular weight is 335 g/mol. The highest BCUT2D eigenvalue weighted by atomic mass is 16.3. The minimum atomic E-state index is -0.230. The molecule has 134 valence electrons. The van der Waals surface area contributed by atoms with Crippen molar-refractivity contribution in [1.29, 1.82) is 0 Å². The molecule has 6 nitrogen and oxygen atoms in total. The van der Waals surface area contributed by atoms with Crippen molar-refractivity contribution < 1.29 is 14.7 Å². The minimum Gasteiger partial charge on any atom is -0.506 e. The van der Waals surface area contributed by atoms with Gasteiger partial charge in [0.2, 0.25) is 5.91 Å². The standard InChI is InChI=1S/C18H29N3O3/c1-5-21(6-2)11-7-10-19-18(24)14-8-9-15(16(22)12-14)20-17(23)13(3)4/h8-9,12-13,22H,5-7,10-11H2,1-4H3,(H,19,24)(H,20,23). The monoisotopic (exact) mass is 335 g/mol. The summed E-state index contributed by atoms with van der Waals surface area (Å²) < 4.78 is 0. The highest BCUT2D eigenvalue weighted by molar-refractivity contribution is 5.97. The number of phenolic OH excluding ortho intramolecular Hbond substituents is 1. The van der Waals surface area contributed by atoms with Gasteiger partial charge in [-0.2, -0.15) is 0 Å². The van der Waals surface area contributed by atoms with Gasteiger partial charge in [0.15, 0.2) is 0 Å². The summed E-state index contributed by atoms with van der Waals surface area (Å²) in [6.45, 7) is 11.3. The number of hydrogen-bond donors (Lipinski definition) is 3. The molecular weight excluding hydrogens is 306 g/mol. The molecule has 1 aromatic carbocycles. The summed E-state index contributed by atoms with van der Waals surface area (Å²) in [7, 11) is 0. The summed E-state index contributed by atoms with van der Waals surface area (Å²) in [4.78, 5) is 26.1. The van der Waals surface area contributed by atoms with Gasteiger partial charge in [-0.3, -0.25) is 9.59 Å². The van der Waals surface area contributed by atoms with Gasteiger partial charge < -0.3 is 20.6 Å². The van der Waals surface area contributed by atoms with E-state index in [9.17, 15) is 14.7 Å². The normalized spacial score (nSPS) is 10.9. The molecule has 6 heteroatoms. The van der Waals surface area contributed by atoms with Crippen LogP contribution in [0.4, 0.5) is 5.69 Å². The molecule has 3 N–H and O–H groups in total. The van der Waals surface area contributed by atoms with Crippen LogP contribution in [0, 0.1) is 5.92 Å². The molecule has 0 saturated heterocycles. The molecule has 0 aromatic heterocycles. The first kappa shape index (κ1) is 20.0. The van der Waals surface area contributed by atoms with Gasteiger partial charge in [-0.25, -0.2) is 0 Å². The number of carbonyl (C=O) groups excluding carboxylic acids is 2. The van der Waals surface area contributed by atoms with E-state index in [0.29, 0.717) is 17.8 Å². The van der Waals surface area contributed by atoms with Crippen LogP contribution in [0.5, 0.6) is 5.75 Å². The van der Waals surface area contributed by atoms with Crippen molar-refractivity contribution >= 4 is 17.5 Å². The maximum absolute atomic E-state index is 12.1. The van der Waals surface area contributed by atoms with E-state index >= 15 is 0 Å². The number of rotatable bonds is 9. The highest BCUT2D eigenvalue weighted by Crippen LogP contribution is 2.24. The summed E-state index contributed by atoms with van der Waals surface area (Å²) in [5.74, 6) is -0.705. The molecule has 1 aromatic rings. The van der Waals surface area contributed by atoms with Crippen LogP contribution in [-0.4, -0.2) is 48.0 Å². The van der Waals surface area contributed by atoms with Gasteiger partial charge in [0.25, 0.3) is 5.91 Å². The summed E-state index contributed by atoms with van der Waals surface area (Å²) in [5.41, 5.74) is 0.685. The van der Waals surface area contributed by atoms with E-state index < -0.39 is 0 Å². The maximum atomic E-state index is 12.1. The van der Waals surface area contributed by atoms with Crippen molar-refractivity contribution in [2.24, 2.45) is 5.92 Å². The topological polar surface area (TPSA) is 81.7 Å². The lowest BCUT2D eigenvalue weighted by atomic mass is 10.1. The van der Waals surface area contributed by atoms with Gasteiger partial charge in [-0.1, -0.05) is 27.7 Å². The minimum absolute atomic E-state index is 0.111. The number of anilines is 1. The zero-order valence-electron chi connectivity index (χ0n) is 15.1. The Morgan fingerprint density at radius 1 is 1.21 bits per heavy atom. The molecule has 0 heterocycles. The third kappa shape index (κ3) is 6.20. The van der Waals surface area contributed by atoms with Crippen LogP contribution < -0.4 is 10.6 Å². The lowest BCUT2D eigenvalue weighted by Crippen LogP contribution is -2.29. The van der Waals surface area contributed by atoms with Crippen molar-refractivity contribution in [3.05, 3.63) is 23.8 Å². The summed E-state index contributed by atoms with van der Waals surface area (Å²) >= 11 is 0. The number of carbonyl (C=O) groups is 2. The molecule has 0 aliphatic rings. The third-order valence-electron chi connectivity index (χ3n) is 3.87. The molecule has 1 rings (SSSR count). The quantitative estimate of drug-likeness (QED) is 0.478. The van der Waals surface area contributed by atoms with Crippen molar-refractivity contribution in [1.82, 2.24) is 10.2 Å². The second kappa shape index (κ2) is 9.93. The molecule has 0 aliphatic heterocycles. The Balaban J connectivity index is 2.54. The van der Waals surface area contributed by atoms with Crippen LogP contribution in [0.3, 0.4) is 0 Å². The molecule has 2 amide bonds. The number of nitrogens with zero attached hydrogens (tertiary/aromatic N) is 1. The van der Waals surface area contributed by atoms with E-state index in [1.54, 1.807) is 26.0 Å². The maximum Gasteiger partial charge on any atom is 0.251 e. The lowest BCUT2D eigenvalue weighted by molar-refractivity contribution is -0.118. The van der Waals surface area contributed by atoms with Crippen LogP contribution in [0.15, 0.2) is 18.2 Å². The fraction of sp³-hybridized carbons (Fsp3) is 0.556. The van der Waals surface area contributed by atoms with Crippen molar-refractivity contribution in [2.45, 2.75) is 34.1 Å². The molecule has 0 aliphatic carbocycles. The predicted molar refractivity (Wildman–Crippen MR) is 96.3 cm³/mol. The van der Waals surface area contributed by atoms with Crippen LogP contribution >= 0.6 is 0 Å². The molecule has 0 spiro atoms. The second-order valence-corrected chi connectivity index (χ2v) is 6.01. The van der Waals surface area contributed by atoms with Crippen molar-refractivity contribution in [3.8, 4) is 5.75 Å². The van der Waals surface area contributed by atoms with E-state index in [2.05, 4.69) is 29.4 Å². The number of aromatic hydroxyl groups is 1. The zero-order chi connectivity index (χ0) is 18.1. The zero-order valence-corrected chi connectivity index (χ0v) is 15.1. The SMILES string of the molecule is CCN(CC)CCCNC(=O)c1ccc(NC(=O)C(C)C)c(O)c1. The third-order valence-corrected chi connectivity index (χ3v) is 3.87. The Kier molecular flexibility index (Phi) is 8.26. The molecule has 0 fully saturated rings. The van der Waals surface area contributed by atoms with E-state index in [-0.39, 0.29) is 23.5 Å². The van der Waals surface area contributed by atoms with Gasteiger partial charge >= 0.3 is 0 Å². The van der Waals surface area contributed by atoms with Gasteiger partial charge in [0.05, 0.1) is 5.69 Å². The van der Waals surface area contributed by atoms with Gasteiger partial charge in [-0.05, 0) is 44.3 Å². The van der Waals surface area contributed by atoms with E-state index in [0.717, 1.165) is 26.1 Å². The van der Waals surface area contributed by atoms with Crippen LogP contribution in [-0.2, 0) is 4.79 Å². The Morgan fingerprint density at radius 3 is 2.42 bits per heavy atom. The summed E-state index contributed by atoms with van der Waals surface area (Å²) in [6.07, 6.45) is 0.877. The van der Waals surface area contributed by atoms with E-state index in [1.807, 2.05) is 0 Å². The fourth-order valence-electron chi connectivity index (χ4n) is 2.20. The van der Waals surface area contributed by atoms with Gasteiger partial charge in [-0.15, -0.1) is 0 Å². The Bertz CT molecular complexity index is 554. The van der Waals surface area contributed by atoms with Crippen molar-refractivity contribution in [3.63, 3.8) is 0 Å². The number of hydrogen-bond acceptors (Lipinski definition) is 4. The summed E-state index contributed by atoms with van der Waals surface area (Å²) in [5, 5.41) is 15.4. The Labute approximate surface area is 144 Å². The van der Waals surface area contributed by atoms with Gasteiger partial charge in [0, 0.05) is 18.0 Å². The number of amides is 2. The molecule has 0 bridgehead atoms. The molecular formula is C18H29N3O3. The van der Waals surface area contributed by atoms with E-state index in [1.165, 1.54) is 6.07 Å². The number of nitrogens with one attached hydrogen (secondary N) is 2. The second-order valence-electron chi connectivity index (χ2n) is 6.01. The lowest BCUT2D eigenvalue weighted by Gasteiger charge is -2.17. The number of benzene rings is 1. The first-order valence-corrected chi connectivity index (χ1v) is 8.53. The molecule has 24 heavy (non-hydrogen) atoms. The first-order valence-electron chi connectivity index (χ1n) is 8.53. The Morgan fingerprint density at radius 2 is 1.88 bits per heavy atom. The average Bonchev–Trinajstić information content (AvgIpc) is 2.56. The van der Waals surface area contributed by atoms with Crippen LogP contribution in [0.1, 0.15) is 44.5 Å². The predicted octanol–water partition coefficient (Wildman–Crippen LogP) is 2.45. The molecule has 0 saturated carbocycles. The smallest absolute Gasteiger partial charge is 0.251 e. The summed E-state index contributed by atoms with van der Waals surface area (Å²) in [6, 6.07) is 4.51. The highest BCUT2D eigenvalue weighted by Gasteiger charge is 2.12. The molecule has 0 unspecified atom stereocenters. The Hall–Kier alpha value is -2.08. The number of phenols is 1. The molecule has 0 radical (unpaired) electrons. The van der Waals surface area contributed by atoms with Crippen molar-refractivity contribution in [2.75, 3.05) is 31.5 Å². The van der Waals surface area contributed by atoms with Gasteiger partial charge in [0.1, 0.15) is 5.75 Å². The fourth-order valence-corrected chi connectivity index (χ4v) is 2.20. The van der Waals surface area contributed by atoms with Crippen LogP contribution in [0.2, 0.25) is 0 Å².